The highest BCUT2D eigenvalue weighted by Crippen LogP contribution is 2.34. The second-order valence-corrected chi connectivity index (χ2v) is 10.3. The summed E-state index contributed by atoms with van der Waals surface area (Å²) in [5.74, 6) is 1.99. The number of aromatic nitrogens is 4. The summed E-state index contributed by atoms with van der Waals surface area (Å²) in [6.45, 7) is 6.18. The van der Waals surface area contributed by atoms with E-state index in [4.69, 9.17) is 10.3 Å². The number of nitrogen functional groups attached to an aromatic ring is 1. The molecule has 0 fully saturated rings. The van der Waals surface area contributed by atoms with Crippen LogP contribution in [0.25, 0.3) is 22.2 Å². The van der Waals surface area contributed by atoms with Gasteiger partial charge >= 0.3 is 0 Å². The summed E-state index contributed by atoms with van der Waals surface area (Å²) < 4.78 is 32.4. The van der Waals surface area contributed by atoms with E-state index in [2.05, 4.69) is 15.1 Å². The van der Waals surface area contributed by atoms with Gasteiger partial charge in [-0.05, 0) is 56.2 Å². The van der Waals surface area contributed by atoms with Gasteiger partial charge in [-0.25, -0.2) is 18.4 Å². The average molecular weight is 490 g/mol. The van der Waals surface area contributed by atoms with Crippen molar-refractivity contribution in [3.8, 4) is 11.1 Å². The lowest BCUT2D eigenvalue weighted by atomic mass is 10.0. The molecule has 3 aromatic heterocycles. The van der Waals surface area contributed by atoms with Crippen molar-refractivity contribution in [3.63, 3.8) is 0 Å². The van der Waals surface area contributed by atoms with Crippen molar-refractivity contribution < 1.29 is 12.9 Å². The Balaban J connectivity index is 0.000000356. The minimum Gasteiger partial charge on any atom is -0.384 e. The number of benzene rings is 2. The Hall–Kier alpha value is -3.98. The minimum absolute atomic E-state index is 0.218. The number of hydrogen-bond donors (Lipinski definition) is 1. The van der Waals surface area contributed by atoms with Gasteiger partial charge in [-0.3, -0.25) is 0 Å². The fourth-order valence-electron chi connectivity index (χ4n) is 3.97. The summed E-state index contributed by atoms with van der Waals surface area (Å²) >= 11 is 0. The lowest BCUT2D eigenvalue weighted by Gasteiger charge is -2.10. The van der Waals surface area contributed by atoms with Gasteiger partial charge in [-0.15, -0.1) is 0 Å². The first-order valence-corrected chi connectivity index (χ1v) is 12.9. The van der Waals surface area contributed by atoms with Crippen LogP contribution in [-0.2, 0) is 16.4 Å². The molecule has 0 aliphatic rings. The second kappa shape index (κ2) is 9.71. The van der Waals surface area contributed by atoms with Gasteiger partial charge in [0.25, 0.3) is 0 Å². The predicted octanol–water partition coefficient (Wildman–Crippen LogP) is 4.73. The summed E-state index contributed by atoms with van der Waals surface area (Å²) in [4.78, 5) is 8.56. The predicted molar refractivity (Wildman–Crippen MR) is 137 cm³/mol. The fraction of sp³-hybridized carbons (Fsp3) is 0.192. The Bertz CT molecular complexity index is 1550. The number of nitrogens with zero attached hydrogens (tertiary/aromatic N) is 4. The molecule has 180 valence electrons. The summed E-state index contributed by atoms with van der Waals surface area (Å²) in [5, 5.41) is 4.01. The number of nitrogens with two attached hydrogens (primary N) is 1. The molecule has 0 atom stereocenters. The van der Waals surface area contributed by atoms with Crippen LogP contribution in [0.15, 0.2) is 76.3 Å². The average Bonchev–Trinajstić information content (AvgIpc) is 3.32. The standard InChI is InChI=1S/C21H21N3O3S.C5H6N2/c1-13-20(14(2)27-23-13)17-10-18-21(19(11-17)28(4,25)26)22-15(3)24(18)12-16-8-6-5-7-9-16;6-5-3-1-2-4-7-5/h5-11H,12H2,1-4H3;1-4H,(H2,6,7). The van der Waals surface area contributed by atoms with Crippen LogP contribution in [0, 0.1) is 20.8 Å². The zero-order valence-electron chi connectivity index (χ0n) is 20.1. The molecule has 0 saturated carbocycles. The molecule has 0 saturated heterocycles. The van der Waals surface area contributed by atoms with E-state index in [0.29, 0.717) is 23.6 Å². The van der Waals surface area contributed by atoms with E-state index >= 15 is 0 Å². The van der Waals surface area contributed by atoms with Crippen molar-refractivity contribution in [1.82, 2.24) is 19.7 Å². The quantitative estimate of drug-likeness (QED) is 0.388. The van der Waals surface area contributed by atoms with Crippen LogP contribution < -0.4 is 5.73 Å². The largest absolute Gasteiger partial charge is 0.384 e. The van der Waals surface area contributed by atoms with Gasteiger partial charge in [0.05, 0.1) is 16.1 Å². The Morgan fingerprint density at radius 3 is 2.26 bits per heavy atom. The van der Waals surface area contributed by atoms with Crippen LogP contribution in [0.1, 0.15) is 22.8 Å². The summed E-state index contributed by atoms with van der Waals surface area (Å²) in [7, 11) is -3.47. The molecule has 3 heterocycles. The topological polar surface area (TPSA) is 117 Å². The first kappa shape index (κ1) is 24.2. The molecule has 0 bridgehead atoms. The van der Waals surface area contributed by atoms with Crippen molar-refractivity contribution in [3.05, 3.63) is 89.7 Å². The molecule has 0 unspecified atom stereocenters. The molecule has 0 amide bonds. The van der Waals surface area contributed by atoms with Crippen molar-refractivity contribution >= 4 is 26.7 Å². The fourth-order valence-corrected chi connectivity index (χ4v) is 4.81. The van der Waals surface area contributed by atoms with Crippen LogP contribution in [0.3, 0.4) is 0 Å². The highest BCUT2D eigenvalue weighted by atomic mass is 32.2. The number of anilines is 1. The van der Waals surface area contributed by atoms with Crippen molar-refractivity contribution in [2.45, 2.75) is 32.2 Å². The number of rotatable bonds is 4. The second-order valence-electron chi connectivity index (χ2n) is 8.30. The number of pyridine rings is 1. The molecule has 35 heavy (non-hydrogen) atoms. The van der Waals surface area contributed by atoms with Crippen molar-refractivity contribution in [1.29, 1.82) is 0 Å². The van der Waals surface area contributed by atoms with Gasteiger partial charge in [-0.1, -0.05) is 41.6 Å². The van der Waals surface area contributed by atoms with E-state index < -0.39 is 9.84 Å². The smallest absolute Gasteiger partial charge is 0.177 e. The van der Waals surface area contributed by atoms with Gasteiger partial charge in [0.15, 0.2) is 9.84 Å². The molecular weight excluding hydrogens is 462 g/mol. The van der Waals surface area contributed by atoms with E-state index in [1.54, 1.807) is 18.3 Å². The molecule has 0 spiro atoms. The Morgan fingerprint density at radius 1 is 1.00 bits per heavy atom. The molecular formula is C26H27N5O3S. The zero-order valence-corrected chi connectivity index (χ0v) is 20.9. The number of imidazole rings is 1. The van der Waals surface area contributed by atoms with Crippen molar-refractivity contribution in [2.24, 2.45) is 0 Å². The zero-order chi connectivity index (χ0) is 25.2. The SMILES string of the molecule is Cc1noc(C)c1-c1cc(S(C)(=O)=O)c2nc(C)n(Cc3ccccc3)c2c1.Nc1ccccn1. The summed E-state index contributed by atoms with van der Waals surface area (Å²) in [6, 6.07) is 19.1. The minimum atomic E-state index is -3.47. The van der Waals surface area contributed by atoms with E-state index in [1.807, 2.05) is 73.9 Å². The Kier molecular flexibility index (Phi) is 6.70. The summed E-state index contributed by atoms with van der Waals surface area (Å²) in [5.41, 5.74) is 9.94. The molecule has 2 N–H and O–H groups in total. The Labute approximate surface area is 204 Å². The summed E-state index contributed by atoms with van der Waals surface area (Å²) in [6.07, 6.45) is 2.87. The third kappa shape index (κ3) is 5.25. The maximum Gasteiger partial charge on any atom is 0.177 e. The lowest BCUT2D eigenvalue weighted by molar-refractivity contribution is 0.393. The van der Waals surface area contributed by atoms with Gasteiger partial charge in [-0.2, -0.15) is 0 Å². The normalized spacial score (nSPS) is 11.3. The van der Waals surface area contributed by atoms with Gasteiger partial charge in [0.2, 0.25) is 0 Å². The molecule has 2 aromatic carbocycles. The van der Waals surface area contributed by atoms with Crippen LogP contribution in [-0.4, -0.2) is 34.4 Å². The van der Waals surface area contributed by atoms with Crippen molar-refractivity contribution in [2.75, 3.05) is 12.0 Å². The van der Waals surface area contributed by atoms with Gasteiger partial charge < -0.3 is 14.8 Å². The lowest BCUT2D eigenvalue weighted by Crippen LogP contribution is -2.03. The third-order valence-corrected chi connectivity index (χ3v) is 6.71. The molecule has 0 aliphatic heterocycles. The molecule has 9 heteroatoms. The van der Waals surface area contributed by atoms with Crippen LogP contribution in [0.4, 0.5) is 5.82 Å². The molecule has 5 rings (SSSR count). The van der Waals surface area contributed by atoms with E-state index in [1.165, 1.54) is 6.26 Å². The van der Waals surface area contributed by atoms with Crippen LogP contribution >= 0.6 is 0 Å². The van der Waals surface area contributed by atoms with E-state index in [9.17, 15) is 8.42 Å². The maximum absolute atomic E-state index is 12.5. The first-order chi connectivity index (χ1) is 16.6. The molecule has 0 aliphatic carbocycles. The first-order valence-electron chi connectivity index (χ1n) is 11.0. The number of aryl methyl sites for hydroxylation is 3. The monoisotopic (exact) mass is 489 g/mol. The van der Waals surface area contributed by atoms with Crippen LogP contribution in [0.5, 0.6) is 0 Å². The highest BCUT2D eigenvalue weighted by Gasteiger charge is 2.22. The van der Waals surface area contributed by atoms with E-state index in [0.717, 1.165) is 33.7 Å². The van der Waals surface area contributed by atoms with Crippen LogP contribution in [0.2, 0.25) is 0 Å². The number of sulfone groups is 1. The highest BCUT2D eigenvalue weighted by molar-refractivity contribution is 7.91. The molecule has 0 radical (unpaired) electrons. The van der Waals surface area contributed by atoms with Gasteiger partial charge in [0, 0.05) is 24.6 Å². The van der Waals surface area contributed by atoms with E-state index in [-0.39, 0.29) is 4.90 Å². The molecule has 5 aromatic rings. The molecule has 8 nitrogen and oxygen atoms in total. The number of fused-ring (bicyclic) bond motifs is 1. The third-order valence-electron chi connectivity index (χ3n) is 5.60. The number of hydrogen-bond acceptors (Lipinski definition) is 7. The Morgan fingerprint density at radius 2 is 1.71 bits per heavy atom. The van der Waals surface area contributed by atoms with Gasteiger partial charge in [0.1, 0.15) is 22.9 Å². The maximum atomic E-state index is 12.5.